The number of hydrogen-bond donors (Lipinski definition) is 2. The lowest BCUT2D eigenvalue weighted by Gasteiger charge is -2.11. The number of hydrogen-bond acceptors (Lipinski definition) is 4. The zero-order valence-electron chi connectivity index (χ0n) is 12.6. The highest BCUT2D eigenvalue weighted by molar-refractivity contribution is 7.80. The first-order valence-electron chi connectivity index (χ1n) is 7.01. The van der Waals surface area contributed by atoms with Crippen molar-refractivity contribution in [2.75, 3.05) is 13.7 Å². The molecule has 2 N–H and O–H groups in total. The highest BCUT2D eigenvalue weighted by Gasteiger charge is 2.07. The molecule has 5 heteroatoms. The van der Waals surface area contributed by atoms with E-state index in [1.165, 1.54) is 0 Å². The van der Waals surface area contributed by atoms with Crippen molar-refractivity contribution in [3.8, 4) is 17.2 Å². The standard InChI is InChI=1S/C17H19NO3S/c1-3-21-16-10-13(6-9-15(16)19)17(22)18-11-12-4-7-14(20-2)8-5-12/h4-10,19H,3,11H2,1-2H3,(H,18,22). The zero-order valence-corrected chi connectivity index (χ0v) is 13.4. The van der Waals surface area contributed by atoms with Gasteiger partial charge in [0.2, 0.25) is 0 Å². The van der Waals surface area contributed by atoms with Crippen molar-refractivity contribution in [2.24, 2.45) is 0 Å². The van der Waals surface area contributed by atoms with Gasteiger partial charge in [0.25, 0.3) is 0 Å². The number of methoxy groups -OCH3 is 1. The number of phenolic OH excluding ortho intramolecular Hbond substituents is 1. The first-order valence-corrected chi connectivity index (χ1v) is 7.41. The van der Waals surface area contributed by atoms with Crippen LogP contribution in [0.2, 0.25) is 0 Å². The Bertz CT molecular complexity index is 641. The van der Waals surface area contributed by atoms with Gasteiger partial charge in [-0.1, -0.05) is 24.4 Å². The minimum absolute atomic E-state index is 0.114. The molecule has 0 aliphatic heterocycles. The number of benzene rings is 2. The molecule has 4 nitrogen and oxygen atoms in total. The second kappa shape index (κ2) is 7.66. The average molecular weight is 317 g/mol. The fourth-order valence-electron chi connectivity index (χ4n) is 1.95. The molecular weight excluding hydrogens is 298 g/mol. The van der Waals surface area contributed by atoms with Crippen LogP contribution in [0.1, 0.15) is 18.1 Å². The fourth-order valence-corrected chi connectivity index (χ4v) is 2.15. The Morgan fingerprint density at radius 3 is 2.55 bits per heavy atom. The van der Waals surface area contributed by atoms with Gasteiger partial charge in [-0.15, -0.1) is 0 Å². The molecule has 0 bridgehead atoms. The number of rotatable bonds is 6. The maximum absolute atomic E-state index is 9.70. The Kier molecular flexibility index (Phi) is 5.61. The molecule has 0 saturated carbocycles. The summed E-state index contributed by atoms with van der Waals surface area (Å²) in [6.45, 7) is 2.98. The minimum Gasteiger partial charge on any atom is -0.504 e. The van der Waals surface area contributed by atoms with Crippen molar-refractivity contribution in [3.05, 3.63) is 53.6 Å². The predicted molar refractivity (Wildman–Crippen MR) is 90.8 cm³/mol. The second-order valence-corrected chi connectivity index (χ2v) is 5.05. The summed E-state index contributed by atoms with van der Waals surface area (Å²) in [7, 11) is 1.64. The third kappa shape index (κ3) is 4.11. The lowest BCUT2D eigenvalue weighted by Crippen LogP contribution is -2.21. The number of nitrogens with one attached hydrogen (secondary N) is 1. The van der Waals surface area contributed by atoms with Crippen molar-refractivity contribution in [1.29, 1.82) is 0 Å². The van der Waals surface area contributed by atoms with E-state index in [9.17, 15) is 5.11 Å². The predicted octanol–water partition coefficient (Wildman–Crippen LogP) is 3.26. The Labute approximate surface area is 135 Å². The van der Waals surface area contributed by atoms with Gasteiger partial charge < -0.3 is 19.9 Å². The zero-order chi connectivity index (χ0) is 15.9. The molecule has 22 heavy (non-hydrogen) atoms. The van der Waals surface area contributed by atoms with Crippen LogP contribution < -0.4 is 14.8 Å². The largest absolute Gasteiger partial charge is 0.504 e. The highest BCUT2D eigenvalue weighted by Crippen LogP contribution is 2.26. The molecule has 0 fully saturated rings. The third-order valence-corrected chi connectivity index (χ3v) is 3.51. The molecule has 0 spiro atoms. The van der Waals surface area contributed by atoms with Crippen LogP contribution in [0.4, 0.5) is 0 Å². The Hall–Kier alpha value is -2.27. The maximum Gasteiger partial charge on any atom is 0.161 e. The molecule has 0 heterocycles. The SMILES string of the molecule is CCOc1cc(C(=S)NCc2ccc(OC)cc2)ccc1O. The summed E-state index contributed by atoms with van der Waals surface area (Å²) in [4.78, 5) is 0.608. The molecule has 2 rings (SSSR count). The van der Waals surface area contributed by atoms with E-state index < -0.39 is 0 Å². The third-order valence-electron chi connectivity index (χ3n) is 3.13. The number of ether oxygens (including phenoxy) is 2. The van der Waals surface area contributed by atoms with Crippen LogP contribution in [-0.2, 0) is 6.54 Å². The van der Waals surface area contributed by atoms with E-state index in [0.717, 1.165) is 16.9 Å². The second-order valence-electron chi connectivity index (χ2n) is 4.65. The molecule has 2 aromatic carbocycles. The summed E-state index contributed by atoms with van der Waals surface area (Å²) in [6, 6.07) is 12.9. The lowest BCUT2D eigenvalue weighted by atomic mass is 10.1. The van der Waals surface area contributed by atoms with Crippen LogP contribution in [0.25, 0.3) is 0 Å². The molecule has 0 atom stereocenters. The number of phenols is 1. The van der Waals surface area contributed by atoms with Crippen molar-refractivity contribution < 1.29 is 14.6 Å². The van der Waals surface area contributed by atoms with Crippen LogP contribution in [0.5, 0.6) is 17.2 Å². The summed E-state index contributed by atoms with van der Waals surface area (Å²) in [5.74, 6) is 1.38. The summed E-state index contributed by atoms with van der Waals surface area (Å²) >= 11 is 5.38. The normalized spacial score (nSPS) is 10.1. The van der Waals surface area contributed by atoms with Crippen molar-refractivity contribution in [1.82, 2.24) is 5.32 Å². The first-order chi connectivity index (χ1) is 10.6. The van der Waals surface area contributed by atoms with Crippen molar-refractivity contribution >= 4 is 17.2 Å². The van der Waals surface area contributed by atoms with E-state index in [2.05, 4.69) is 5.32 Å². The quantitative estimate of drug-likeness (QED) is 0.801. The van der Waals surface area contributed by atoms with Crippen LogP contribution in [0, 0.1) is 0 Å². The van der Waals surface area contributed by atoms with Gasteiger partial charge in [-0.3, -0.25) is 0 Å². The van der Waals surface area contributed by atoms with E-state index in [4.69, 9.17) is 21.7 Å². The van der Waals surface area contributed by atoms with E-state index in [0.29, 0.717) is 23.9 Å². The van der Waals surface area contributed by atoms with E-state index in [1.807, 2.05) is 31.2 Å². The van der Waals surface area contributed by atoms with Crippen LogP contribution >= 0.6 is 12.2 Å². The van der Waals surface area contributed by atoms with Gasteiger partial charge in [0.15, 0.2) is 11.5 Å². The number of aromatic hydroxyl groups is 1. The van der Waals surface area contributed by atoms with Crippen molar-refractivity contribution in [3.63, 3.8) is 0 Å². The van der Waals surface area contributed by atoms with Gasteiger partial charge in [0.05, 0.1) is 13.7 Å². The van der Waals surface area contributed by atoms with Crippen LogP contribution in [0.3, 0.4) is 0 Å². The Morgan fingerprint density at radius 2 is 1.91 bits per heavy atom. The van der Waals surface area contributed by atoms with Gasteiger partial charge >= 0.3 is 0 Å². The molecule has 0 amide bonds. The molecule has 116 valence electrons. The van der Waals surface area contributed by atoms with E-state index in [-0.39, 0.29) is 5.75 Å². The summed E-state index contributed by atoms with van der Waals surface area (Å²) in [5.41, 5.74) is 1.91. The van der Waals surface area contributed by atoms with Crippen molar-refractivity contribution in [2.45, 2.75) is 13.5 Å². The van der Waals surface area contributed by atoms with Gasteiger partial charge in [-0.25, -0.2) is 0 Å². The maximum atomic E-state index is 9.70. The Balaban J connectivity index is 2.00. The molecule has 2 aromatic rings. The molecule has 0 aliphatic rings. The molecule has 0 aromatic heterocycles. The van der Waals surface area contributed by atoms with Gasteiger partial charge in [0.1, 0.15) is 10.7 Å². The number of thiocarbonyl (C=S) groups is 1. The van der Waals surface area contributed by atoms with Crippen LogP contribution in [-0.4, -0.2) is 23.8 Å². The topological polar surface area (TPSA) is 50.7 Å². The molecular formula is C17H19NO3S. The highest BCUT2D eigenvalue weighted by atomic mass is 32.1. The molecule has 0 aliphatic carbocycles. The first kappa shape index (κ1) is 16.1. The lowest BCUT2D eigenvalue weighted by molar-refractivity contribution is 0.318. The molecule has 0 saturated heterocycles. The molecule has 0 unspecified atom stereocenters. The average Bonchev–Trinajstić information content (AvgIpc) is 2.55. The van der Waals surface area contributed by atoms with E-state index >= 15 is 0 Å². The van der Waals surface area contributed by atoms with Gasteiger partial charge in [0, 0.05) is 12.1 Å². The van der Waals surface area contributed by atoms with Gasteiger partial charge in [-0.2, -0.15) is 0 Å². The van der Waals surface area contributed by atoms with Gasteiger partial charge in [-0.05, 0) is 42.8 Å². The fraction of sp³-hybridized carbons (Fsp3) is 0.235. The summed E-state index contributed by atoms with van der Waals surface area (Å²) < 4.78 is 10.5. The minimum atomic E-state index is 0.114. The Morgan fingerprint density at radius 1 is 1.18 bits per heavy atom. The van der Waals surface area contributed by atoms with Crippen LogP contribution in [0.15, 0.2) is 42.5 Å². The molecule has 0 radical (unpaired) electrons. The van der Waals surface area contributed by atoms with E-state index in [1.54, 1.807) is 25.3 Å². The smallest absolute Gasteiger partial charge is 0.161 e. The summed E-state index contributed by atoms with van der Waals surface area (Å²) in [6.07, 6.45) is 0. The monoisotopic (exact) mass is 317 g/mol. The summed E-state index contributed by atoms with van der Waals surface area (Å²) in [5, 5.41) is 12.9.